The summed E-state index contributed by atoms with van der Waals surface area (Å²) in [6.45, 7) is 1.86. The maximum absolute atomic E-state index is 9.14. The van der Waals surface area contributed by atoms with Crippen LogP contribution in [-0.2, 0) is 9.47 Å². The van der Waals surface area contributed by atoms with Crippen molar-refractivity contribution in [2.24, 2.45) is 17.8 Å². The van der Waals surface area contributed by atoms with Gasteiger partial charge in [0, 0.05) is 18.9 Å². The zero-order valence-corrected chi connectivity index (χ0v) is 7.74. The molecule has 74 valence electrons. The van der Waals surface area contributed by atoms with Gasteiger partial charge in [0.15, 0.2) is 5.79 Å². The fourth-order valence-electron chi connectivity index (χ4n) is 3.40. The highest BCUT2D eigenvalue weighted by Gasteiger charge is 2.58. The van der Waals surface area contributed by atoms with Crippen LogP contribution in [0.3, 0.4) is 0 Å². The molecule has 3 aliphatic rings. The molecular weight excluding hydrogens is 168 g/mol. The van der Waals surface area contributed by atoms with E-state index < -0.39 is 0 Å². The third-order valence-electron chi connectivity index (χ3n) is 4.02. The van der Waals surface area contributed by atoms with Gasteiger partial charge in [-0.2, -0.15) is 0 Å². The lowest BCUT2D eigenvalue weighted by atomic mass is 9.85. The summed E-state index contributed by atoms with van der Waals surface area (Å²) in [7, 11) is 0. The van der Waals surface area contributed by atoms with Crippen LogP contribution in [0.15, 0.2) is 0 Å². The van der Waals surface area contributed by atoms with Crippen molar-refractivity contribution < 1.29 is 14.6 Å². The van der Waals surface area contributed by atoms with Gasteiger partial charge in [0.05, 0.1) is 13.2 Å². The molecule has 3 atom stereocenters. The first-order chi connectivity index (χ1) is 6.34. The number of aliphatic hydroxyl groups excluding tert-OH is 1. The summed E-state index contributed by atoms with van der Waals surface area (Å²) in [6.07, 6.45) is 3.31. The summed E-state index contributed by atoms with van der Waals surface area (Å²) in [5.74, 6) is 1.49. The largest absolute Gasteiger partial charge is 0.396 e. The SMILES string of the molecule is OCC1CC2CC1CC21OCCO1. The number of hydrogen-bond acceptors (Lipinski definition) is 3. The molecule has 1 N–H and O–H groups in total. The van der Waals surface area contributed by atoms with E-state index in [0.717, 1.165) is 26.1 Å². The van der Waals surface area contributed by atoms with Crippen molar-refractivity contribution in [1.29, 1.82) is 0 Å². The number of aliphatic hydroxyl groups is 1. The molecule has 1 spiro atoms. The summed E-state index contributed by atoms with van der Waals surface area (Å²) >= 11 is 0. The standard InChI is InChI=1S/C10H16O3/c11-6-8-4-9-3-7(8)5-10(9)12-1-2-13-10/h7-9,11H,1-6H2. The van der Waals surface area contributed by atoms with Gasteiger partial charge < -0.3 is 14.6 Å². The van der Waals surface area contributed by atoms with Crippen molar-refractivity contribution in [3.8, 4) is 0 Å². The Bertz CT molecular complexity index is 210. The molecule has 0 amide bonds. The molecule has 1 heterocycles. The van der Waals surface area contributed by atoms with Gasteiger partial charge in [-0.3, -0.25) is 0 Å². The van der Waals surface area contributed by atoms with Crippen LogP contribution in [0.25, 0.3) is 0 Å². The second-order valence-electron chi connectivity index (χ2n) is 4.58. The Morgan fingerprint density at radius 3 is 2.54 bits per heavy atom. The Hall–Kier alpha value is -0.120. The monoisotopic (exact) mass is 184 g/mol. The molecule has 2 bridgehead atoms. The minimum absolute atomic E-state index is 0.226. The van der Waals surface area contributed by atoms with Crippen molar-refractivity contribution >= 4 is 0 Å². The van der Waals surface area contributed by atoms with Crippen molar-refractivity contribution in [2.75, 3.05) is 19.8 Å². The van der Waals surface area contributed by atoms with Gasteiger partial charge >= 0.3 is 0 Å². The molecule has 3 unspecified atom stereocenters. The van der Waals surface area contributed by atoms with Crippen molar-refractivity contribution in [2.45, 2.75) is 25.0 Å². The summed E-state index contributed by atoms with van der Waals surface area (Å²) in [4.78, 5) is 0. The lowest BCUT2D eigenvalue weighted by Crippen LogP contribution is -2.39. The van der Waals surface area contributed by atoms with Crippen LogP contribution in [0.1, 0.15) is 19.3 Å². The topological polar surface area (TPSA) is 38.7 Å². The average molecular weight is 184 g/mol. The molecule has 3 nitrogen and oxygen atoms in total. The lowest BCUT2D eigenvalue weighted by Gasteiger charge is -2.34. The van der Waals surface area contributed by atoms with Crippen LogP contribution >= 0.6 is 0 Å². The molecule has 3 rings (SSSR count). The molecule has 3 fully saturated rings. The predicted octanol–water partition coefficient (Wildman–Crippen LogP) is 0.768. The third kappa shape index (κ3) is 1.01. The van der Waals surface area contributed by atoms with Gasteiger partial charge in [0.25, 0.3) is 0 Å². The van der Waals surface area contributed by atoms with Gasteiger partial charge in [0.2, 0.25) is 0 Å². The van der Waals surface area contributed by atoms with Crippen LogP contribution in [0.2, 0.25) is 0 Å². The Balaban J connectivity index is 1.78. The van der Waals surface area contributed by atoms with Gasteiger partial charge in [0.1, 0.15) is 0 Å². The molecule has 3 heteroatoms. The molecular formula is C10H16O3. The summed E-state index contributed by atoms with van der Waals surface area (Å²) in [6, 6.07) is 0. The molecule has 1 aliphatic heterocycles. The highest BCUT2D eigenvalue weighted by Crippen LogP contribution is 2.56. The van der Waals surface area contributed by atoms with E-state index in [1.807, 2.05) is 0 Å². The van der Waals surface area contributed by atoms with Crippen LogP contribution in [0.4, 0.5) is 0 Å². The first-order valence-corrected chi connectivity index (χ1v) is 5.23. The number of fused-ring (bicyclic) bond motifs is 3. The molecule has 0 aromatic heterocycles. The molecule has 0 aromatic rings. The number of hydrogen-bond donors (Lipinski definition) is 1. The fourth-order valence-corrected chi connectivity index (χ4v) is 3.40. The smallest absolute Gasteiger partial charge is 0.171 e. The van der Waals surface area contributed by atoms with Gasteiger partial charge in [-0.05, 0) is 24.7 Å². The Morgan fingerprint density at radius 1 is 1.23 bits per heavy atom. The normalized spacial score (nSPS) is 46.4. The summed E-state index contributed by atoms with van der Waals surface area (Å²) < 4.78 is 11.4. The highest BCUT2D eigenvalue weighted by molar-refractivity contribution is 5.01. The molecule has 0 radical (unpaired) electrons. The Morgan fingerprint density at radius 2 is 2.00 bits per heavy atom. The second kappa shape index (κ2) is 2.69. The minimum atomic E-state index is -0.226. The van der Waals surface area contributed by atoms with Crippen molar-refractivity contribution in [3.05, 3.63) is 0 Å². The van der Waals surface area contributed by atoms with Crippen LogP contribution in [0, 0.1) is 17.8 Å². The maximum atomic E-state index is 9.14. The molecule has 1 saturated heterocycles. The van der Waals surface area contributed by atoms with Gasteiger partial charge in [-0.25, -0.2) is 0 Å². The van der Waals surface area contributed by atoms with Gasteiger partial charge in [-0.1, -0.05) is 0 Å². The van der Waals surface area contributed by atoms with E-state index in [1.165, 1.54) is 6.42 Å². The van der Waals surface area contributed by atoms with Crippen LogP contribution < -0.4 is 0 Å². The average Bonchev–Trinajstić information content (AvgIpc) is 2.80. The van der Waals surface area contributed by atoms with Gasteiger partial charge in [-0.15, -0.1) is 0 Å². The zero-order valence-electron chi connectivity index (χ0n) is 7.74. The fraction of sp³-hybridized carbons (Fsp3) is 1.00. The molecule has 2 saturated carbocycles. The minimum Gasteiger partial charge on any atom is -0.396 e. The van der Waals surface area contributed by atoms with E-state index in [1.54, 1.807) is 0 Å². The third-order valence-corrected chi connectivity index (χ3v) is 4.02. The van der Waals surface area contributed by atoms with Crippen LogP contribution in [0.5, 0.6) is 0 Å². The lowest BCUT2D eigenvalue weighted by molar-refractivity contribution is -0.196. The van der Waals surface area contributed by atoms with E-state index in [4.69, 9.17) is 14.6 Å². The predicted molar refractivity (Wildman–Crippen MR) is 46.0 cm³/mol. The van der Waals surface area contributed by atoms with Crippen molar-refractivity contribution in [3.63, 3.8) is 0 Å². The number of ether oxygens (including phenoxy) is 2. The summed E-state index contributed by atoms with van der Waals surface area (Å²) in [5, 5.41) is 9.14. The Labute approximate surface area is 78.0 Å². The second-order valence-corrected chi connectivity index (χ2v) is 4.58. The van der Waals surface area contributed by atoms with Crippen molar-refractivity contribution in [1.82, 2.24) is 0 Å². The highest BCUT2D eigenvalue weighted by atomic mass is 16.7. The van der Waals surface area contributed by atoms with E-state index >= 15 is 0 Å². The molecule has 13 heavy (non-hydrogen) atoms. The number of rotatable bonds is 1. The molecule has 0 aromatic carbocycles. The van der Waals surface area contributed by atoms with E-state index in [2.05, 4.69) is 0 Å². The van der Waals surface area contributed by atoms with E-state index in [9.17, 15) is 0 Å². The molecule has 2 aliphatic carbocycles. The first-order valence-electron chi connectivity index (χ1n) is 5.23. The quantitative estimate of drug-likeness (QED) is 0.654. The Kier molecular flexibility index (Phi) is 1.70. The zero-order chi connectivity index (χ0) is 8.89. The maximum Gasteiger partial charge on any atom is 0.171 e. The van der Waals surface area contributed by atoms with Crippen LogP contribution in [-0.4, -0.2) is 30.7 Å². The van der Waals surface area contributed by atoms with E-state index in [0.29, 0.717) is 24.4 Å². The first kappa shape index (κ1) is 8.21. The summed E-state index contributed by atoms with van der Waals surface area (Å²) in [5.41, 5.74) is 0. The van der Waals surface area contributed by atoms with E-state index in [-0.39, 0.29) is 5.79 Å².